The quantitative estimate of drug-likeness (QED) is 0.622. The van der Waals surface area contributed by atoms with Gasteiger partial charge in [-0.05, 0) is 17.7 Å². The number of nitrogens with zero attached hydrogens (tertiary/aromatic N) is 4. The Morgan fingerprint density at radius 3 is 1.96 bits per heavy atom. The second kappa shape index (κ2) is 7.99. The van der Waals surface area contributed by atoms with Crippen molar-refractivity contribution in [2.75, 3.05) is 0 Å². The average molecular weight is 367 g/mol. The van der Waals surface area contributed by atoms with Crippen LogP contribution in [0.1, 0.15) is 5.56 Å². The summed E-state index contributed by atoms with van der Waals surface area (Å²) in [6, 6.07) is 16.6. The number of aliphatic imine (C=N–C) groups is 1. The summed E-state index contributed by atoms with van der Waals surface area (Å²) in [6.45, 7) is 0. The second-order valence-corrected chi connectivity index (χ2v) is 5.48. The average Bonchev–Trinajstić information content (AvgIpc) is 2.63. The highest BCUT2D eigenvalue weighted by atomic mass is 35.5. The van der Waals surface area contributed by atoms with E-state index in [1.54, 1.807) is 42.5 Å². The lowest BCUT2D eigenvalue weighted by Gasteiger charge is -2.07. The predicted molar refractivity (Wildman–Crippen MR) is 95.4 cm³/mol. The Labute approximate surface area is 153 Å². The molecular formula is C18H8Cl2N4O. The molecule has 120 valence electrons. The molecule has 0 atom stereocenters. The Kier molecular flexibility index (Phi) is 5.77. The van der Waals surface area contributed by atoms with Gasteiger partial charge in [-0.1, -0.05) is 53.5 Å². The third kappa shape index (κ3) is 3.97. The summed E-state index contributed by atoms with van der Waals surface area (Å²) in [5, 5.41) is 37.5. The molecule has 0 unspecified atom stereocenters. The summed E-state index contributed by atoms with van der Waals surface area (Å²) in [7, 11) is 0. The van der Waals surface area contributed by atoms with Crippen LogP contribution in [0.15, 0.2) is 53.0 Å². The van der Waals surface area contributed by atoms with Crippen molar-refractivity contribution in [2.24, 2.45) is 4.99 Å². The number of hydrogen-bond donors (Lipinski definition) is 1. The number of phenolic OH excluding ortho intramolecular Hbond substituents is 1. The number of rotatable bonds is 3. The van der Waals surface area contributed by atoms with E-state index in [1.165, 1.54) is 12.1 Å². The van der Waals surface area contributed by atoms with E-state index < -0.39 is 0 Å². The number of phenols is 1. The predicted octanol–water partition coefficient (Wildman–Crippen LogP) is 4.80. The molecule has 0 fully saturated rings. The smallest absolute Gasteiger partial charge is 0.152 e. The van der Waals surface area contributed by atoms with Gasteiger partial charge in [0.15, 0.2) is 11.5 Å². The topological polar surface area (TPSA) is 104 Å². The van der Waals surface area contributed by atoms with E-state index in [1.807, 2.05) is 6.07 Å². The highest BCUT2D eigenvalue weighted by molar-refractivity contribution is 6.38. The van der Waals surface area contributed by atoms with Crippen LogP contribution in [0, 0.1) is 34.0 Å². The zero-order valence-electron chi connectivity index (χ0n) is 12.5. The molecule has 0 aromatic heterocycles. The third-order valence-corrected chi connectivity index (χ3v) is 3.70. The van der Waals surface area contributed by atoms with Crippen LogP contribution in [0.3, 0.4) is 0 Å². The van der Waals surface area contributed by atoms with Crippen molar-refractivity contribution in [3.63, 3.8) is 0 Å². The zero-order valence-corrected chi connectivity index (χ0v) is 14.0. The Morgan fingerprint density at radius 1 is 0.920 bits per heavy atom. The first-order chi connectivity index (χ1) is 12.0. The van der Waals surface area contributed by atoms with Crippen molar-refractivity contribution in [3.05, 3.63) is 63.6 Å². The van der Waals surface area contributed by atoms with Crippen molar-refractivity contribution >= 4 is 40.2 Å². The molecule has 5 nitrogen and oxygen atoms in total. The van der Waals surface area contributed by atoms with E-state index in [9.17, 15) is 20.9 Å². The van der Waals surface area contributed by atoms with Gasteiger partial charge in [0.2, 0.25) is 0 Å². The number of benzene rings is 2. The van der Waals surface area contributed by atoms with Gasteiger partial charge in [0.05, 0.1) is 15.7 Å². The highest BCUT2D eigenvalue weighted by Crippen LogP contribution is 2.36. The number of allylic oxidation sites excluding steroid dienone is 2. The number of hydrogen-bond acceptors (Lipinski definition) is 5. The fraction of sp³-hybridized carbons (Fsp3) is 0. The first-order valence-corrected chi connectivity index (χ1v) is 7.54. The van der Waals surface area contributed by atoms with E-state index in [2.05, 4.69) is 4.99 Å². The molecule has 0 amide bonds. The van der Waals surface area contributed by atoms with Crippen molar-refractivity contribution in [2.45, 2.75) is 0 Å². The van der Waals surface area contributed by atoms with Crippen LogP contribution in [-0.4, -0.2) is 10.8 Å². The van der Waals surface area contributed by atoms with Crippen molar-refractivity contribution in [1.82, 2.24) is 0 Å². The normalized spacial score (nSPS) is 10.3. The van der Waals surface area contributed by atoms with Gasteiger partial charge in [-0.15, -0.1) is 0 Å². The maximum absolute atomic E-state index is 9.60. The molecule has 25 heavy (non-hydrogen) atoms. The Bertz CT molecular complexity index is 967. The first kappa shape index (κ1) is 18.0. The van der Waals surface area contributed by atoms with Gasteiger partial charge in [0, 0.05) is 5.57 Å². The minimum absolute atomic E-state index is 0.0328. The lowest BCUT2D eigenvalue weighted by Crippen LogP contribution is -2.02. The zero-order chi connectivity index (χ0) is 18.4. The molecule has 0 aliphatic carbocycles. The van der Waals surface area contributed by atoms with Crippen LogP contribution in [0.2, 0.25) is 10.0 Å². The van der Waals surface area contributed by atoms with Gasteiger partial charge in [0.25, 0.3) is 0 Å². The molecule has 1 N–H and O–H groups in total. The molecule has 0 aliphatic rings. The van der Waals surface area contributed by atoms with Gasteiger partial charge < -0.3 is 5.11 Å². The Hall–Kier alpha value is -3.30. The van der Waals surface area contributed by atoms with Gasteiger partial charge in [0.1, 0.15) is 23.8 Å². The summed E-state index contributed by atoms with van der Waals surface area (Å²) in [5.41, 5.74) is 0.405. The Morgan fingerprint density at radius 2 is 1.48 bits per heavy atom. The van der Waals surface area contributed by atoms with Crippen LogP contribution in [-0.2, 0) is 0 Å². The molecule has 2 aromatic carbocycles. The van der Waals surface area contributed by atoms with E-state index in [4.69, 9.17) is 23.2 Å². The van der Waals surface area contributed by atoms with Crippen LogP contribution < -0.4 is 0 Å². The fourth-order valence-corrected chi connectivity index (χ4v) is 2.50. The van der Waals surface area contributed by atoms with Crippen LogP contribution in [0.5, 0.6) is 5.75 Å². The standard InChI is InChI=1S/C18H8Cl2N4O/c19-14-6-13(7-15(20)18(14)25)24-16(10-23)17(12(8-21)9-22)11-4-2-1-3-5-11/h1-7,25H/b24-16-. The largest absolute Gasteiger partial charge is 0.505 e. The van der Waals surface area contributed by atoms with Gasteiger partial charge in [-0.2, -0.15) is 15.8 Å². The molecule has 2 rings (SSSR count). The highest BCUT2D eigenvalue weighted by Gasteiger charge is 2.17. The van der Waals surface area contributed by atoms with E-state index in [-0.39, 0.29) is 38.3 Å². The van der Waals surface area contributed by atoms with E-state index in [0.717, 1.165) is 0 Å². The lowest BCUT2D eigenvalue weighted by molar-refractivity contribution is 0.476. The molecule has 0 aliphatic heterocycles. The summed E-state index contributed by atoms with van der Waals surface area (Å²) < 4.78 is 0. The minimum atomic E-state index is -0.297. The third-order valence-electron chi connectivity index (χ3n) is 3.12. The first-order valence-electron chi connectivity index (χ1n) is 6.78. The summed E-state index contributed by atoms with van der Waals surface area (Å²) in [4.78, 5) is 4.15. The number of halogens is 2. The molecule has 0 heterocycles. The SMILES string of the molecule is N#CC(C#N)=C(/C(C#N)=N\c1cc(Cl)c(O)c(Cl)c1)c1ccccc1. The molecule has 0 saturated carbocycles. The maximum atomic E-state index is 9.60. The van der Waals surface area contributed by atoms with Crippen molar-refractivity contribution in [3.8, 4) is 24.0 Å². The lowest BCUT2D eigenvalue weighted by atomic mass is 9.97. The molecular weight excluding hydrogens is 359 g/mol. The van der Waals surface area contributed by atoms with Crippen molar-refractivity contribution < 1.29 is 5.11 Å². The van der Waals surface area contributed by atoms with E-state index in [0.29, 0.717) is 5.56 Å². The van der Waals surface area contributed by atoms with Gasteiger partial charge in [-0.3, -0.25) is 0 Å². The maximum Gasteiger partial charge on any atom is 0.152 e. The van der Waals surface area contributed by atoms with Crippen LogP contribution in [0.4, 0.5) is 5.69 Å². The second-order valence-electron chi connectivity index (χ2n) is 4.67. The minimum Gasteiger partial charge on any atom is -0.505 e. The monoisotopic (exact) mass is 366 g/mol. The number of nitriles is 3. The Balaban J connectivity index is 2.72. The van der Waals surface area contributed by atoms with Gasteiger partial charge in [-0.25, -0.2) is 4.99 Å². The van der Waals surface area contributed by atoms with Gasteiger partial charge >= 0.3 is 0 Å². The van der Waals surface area contributed by atoms with E-state index >= 15 is 0 Å². The molecule has 0 spiro atoms. The van der Waals surface area contributed by atoms with Crippen LogP contribution >= 0.6 is 23.2 Å². The van der Waals surface area contributed by atoms with Crippen LogP contribution in [0.25, 0.3) is 5.57 Å². The fourth-order valence-electron chi connectivity index (χ4n) is 2.02. The molecule has 2 aromatic rings. The molecule has 0 radical (unpaired) electrons. The molecule has 7 heteroatoms. The summed E-state index contributed by atoms with van der Waals surface area (Å²) >= 11 is 11.7. The van der Waals surface area contributed by atoms with Crippen molar-refractivity contribution in [1.29, 1.82) is 15.8 Å². The molecule has 0 saturated heterocycles. The summed E-state index contributed by atoms with van der Waals surface area (Å²) in [5.74, 6) is -0.297. The molecule has 0 bridgehead atoms. The number of aromatic hydroxyl groups is 1. The summed E-state index contributed by atoms with van der Waals surface area (Å²) in [6.07, 6.45) is 0.